The number of ketones is 2. The second kappa shape index (κ2) is 11.1. The predicted molar refractivity (Wildman–Crippen MR) is 150 cm³/mol. The Labute approximate surface area is 250 Å². The summed E-state index contributed by atoms with van der Waals surface area (Å²) in [5, 5.41) is 73.4. The summed E-state index contributed by atoms with van der Waals surface area (Å²) in [4.78, 5) is 27.8. The largest absolute Gasteiger partial charge is 0.506 e. The first-order valence-corrected chi connectivity index (χ1v) is 14.1. The molecule has 2 saturated heterocycles. The number of ether oxygens (including phenoxy) is 4. The summed E-state index contributed by atoms with van der Waals surface area (Å²) < 4.78 is 22.8. The number of hydrogen-bond acceptors (Lipinski definition) is 13. The van der Waals surface area contributed by atoms with Crippen LogP contribution in [0.15, 0.2) is 36.4 Å². The summed E-state index contributed by atoms with van der Waals surface area (Å²) in [6.45, 7) is 4.68. The maximum atomic E-state index is 14.0. The van der Waals surface area contributed by atoms with Crippen LogP contribution < -0.4 is 9.47 Å². The van der Waals surface area contributed by atoms with Crippen molar-refractivity contribution in [2.24, 2.45) is 0 Å². The molecule has 0 radical (unpaired) electrons. The first kappa shape index (κ1) is 30.4. The maximum absolute atomic E-state index is 14.0. The Morgan fingerprint density at radius 1 is 0.659 bits per heavy atom. The van der Waals surface area contributed by atoms with Crippen LogP contribution in [0.5, 0.6) is 17.2 Å². The molecule has 13 nitrogen and oxygen atoms in total. The van der Waals surface area contributed by atoms with Gasteiger partial charge < -0.3 is 54.7 Å². The average molecular weight is 613 g/mol. The van der Waals surface area contributed by atoms with Crippen LogP contribution >= 0.6 is 0 Å². The molecular formula is C31H32O13. The Hall–Kier alpha value is -3.66. The highest BCUT2D eigenvalue weighted by Gasteiger charge is 2.45. The Bertz CT molecular complexity index is 1650. The Morgan fingerprint density at radius 3 is 1.82 bits per heavy atom. The van der Waals surface area contributed by atoms with E-state index in [0.717, 1.165) is 0 Å². The second-order valence-corrected chi connectivity index (χ2v) is 11.4. The molecule has 3 aliphatic rings. The molecule has 0 saturated carbocycles. The molecular weight excluding hydrogens is 580 g/mol. The van der Waals surface area contributed by atoms with Crippen molar-refractivity contribution in [1.29, 1.82) is 0 Å². The molecule has 234 valence electrons. The van der Waals surface area contributed by atoms with E-state index in [1.165, 1.54) is 44.2 Å². The zero-order chi connectivity index (χ0) is 31.8. The lowest BCUT2D eigenvalue weighted by atomic mass is 9.81. The number of benzene rings is 3. The highest BCUT2D eigenvalue weighted by Crippen LogP contribution is 2.45. The average Bonchev–Trinajstić information content (AvgIpc) is 2.98. The van der Waals surface area contributed by atoms with Crippen LogP contribution in [0.2, 0.25) is 0 Å². The molecule has 0 amide bonds. The summed E-state index contributed by atoms with van der Waals surface area (Å²) in [7, 11) is 0. The molecule has 13 heteroatoms. The minimum Gasteiger partial charge on any atom is -0.506 e. The van der Waals surface area contributed by atoms with Crippen molar-refractivity contribution in [3.05, 3.63) is 64.2 Å². The molecule has 2 heterocycles. The van der Waals surface area contributed by atoms with E-state index >= 15 is 0 Å². The van der Waals surface area contributed by atoms with Gasteiger partial charge in [-0.15, -0.1) is 0 Å². The molecule has 0 aromatic heterocycles. The van der Waals surface area contributed by atoms with Crippen LogP contribution in [0.3, 0.4) is 0 Å². The third kappa shape index (κ3) is 4.73. The number of rotatable bonds is 4. The van der Waals surface area contributed by atoms with Gasteiger partial charge in [0.25, 0.3) is 0 Å². The normalized spacial score (nSPS) is 33.6. The van der Waals surface area contributed by atoms with Crippen molar-refractivity contribution in [2.45, 2.75) is 82.2 Å². The van der Waals surface area contributed by atoms with Crippen LogP contribution in [0.4, 0.5) is 0 Å². The summed E-state index contributed by atoms with van der Waals surface area (Å²) in [6.07, 6.45) is -14.0. The number of carbonyl (C=O) groups excluding carboxylic acids is 2. The van der Waals surface area contributed by atoms with E-state index in [2.05, 4.69) is 0 Å². The van der Waals surface area contributed by atoms with Crippen molar-refractivity contribution in [2.75, 3.05) is 0 Å². The lowest BCUT2D eigenvalue weighted by Gasteiger charge is -2.39. The Morgan fingerprint density at radius 2 is 1.23 bits per heavy atom. The number of phenols is 1. The van der Waals surface area contributed by atoms with Crippen LogP contribution in [0.1, 0.15) is 51.3 Å². The van der Waals surface area contributed by atoms with Gasteiger partial charge in [-0.25, -0.2) is 0 Å². The van der Waals surface area contributed by atoms with Crippen molar-refractivity contribution in [1.82, 2.24) is 0 Å². The molecule has 3 aromatic rings. The minimum atomic E-state index is -1.68. The van der Waals surface area contributed by atoms with Crippen molar-refractivity contribution in [3.8, 4) is 17.2 Å². The van der Waals surface area contributed by atoms with Gasteiger partial charge in [0.15, 0.2) is 5.78 Å². The number of aryl methyl sites for hydroxylation is 1. The van der Waals surface area contributed by atoms with Gasteiger partial charge in [-0.05, 0) is 49.9 Å². The van der Waals surface area contributed by atoms with Crippen molar-refractivity contribution >= 4 is 22.3 Å². The predicted octanol–water partition coefficient (Wildman–Crippen LogP) is 0.0418. The summed E-state index contributed by atoms with van der Waals surface area (Å²) >= 11 is 0. The highest BCUT2D eigenvalue weighted by molar-refractivity contribution is 6.32. The number of fused-ring (bicyclic) bond motifs is 3. The van der Waals surface area contributed by atoms with Crippen molar-refractivity contribution in [3.63, 3.8) is 0 Å². The molecule has 0 spiro atoms. The topological polar surface area (TPSA) is 213 Å². The lowest BCUT2D eigenvalue weighted by Crippen LogP contribution is -2.58. The van der Waals surface area contributed by atoms with Gasteiger partial charge in [-0.1, -0.05) is 18.2 Å². The third-order valence-electron chi connectivity index (χ3n) is 8.39. The third-order valence-corrected chi connectivity index (χ3v) is 8.39. The minimum absolute atomic E-state index is 0.0176. The van der Waals surface area contributed by atoms with Crippen LogP contribution in [-0.2, 0) is 9.47 Å². The highest BCUT2D eigenvalue weighted by atomic mass is 16.7. The molecule has 2 fully saturated rings. The van der Waals surface area contributed by atoms with Gasteiger partial charge in [0.2, 0.25) is 18.4 Å². The molecule has 2 aliphatic heterocycles. The molecule has 44 heavy (non-hydrogen) atoms. The van der Waals surface area contributed by atoms with E-state index in [-0.39, 0.29) is 39.1 Å². The molecule has 0 bridgehead atoms. The summed E-state index contributed by atoms with van der Waals surface area (Å²) in [5.41, 5.74) is -0.0209. The van der Waals surface area contributed by atoms with Crippen LogP contribution in [-0.4, -0.2) is 109 Å². The quantitative estimate of drug-likeness (QED) is 0.162. The zero-order valence-corrected chi connectivity index (χ0v) is 23.8. The van der Waals surface area contributed by atoms with E-state index in [4.69, 9.17) is 18.9 Å². The lowest BCUT2D eigenvalue weighted by molar-refractivity contribution is -0.268. The second-order valence-electron chi connectivity index (χ2n) is 11.4. The summed E-state index contributed by atoms with van der Waals surface area (Å²) in [5.74, 6) is -2.14. The van der Waals surface area contributed by atoms with Gasteiger partial charge in [0.1, 0.15) is 53.9 Å². The van der Waals surface area contributed by atoms with Crippen LogP contribution in [0.25, 0.3) is 10.8 Å². The number of phenolic OH excluding ortho intramolecular Hbond substituents is 1. The zero-order valence-electron chi connectivity index (χ0n) is 23.8. The SMILES string of the molecule is Cc1cc(O[C@@H]2O[C@H](C)[C@H](O)[C@@H](O)[C@H]2O)c2c(O)c3c(cc2c1)C(=O)c1cccc(O[C@@H]2O[C@H](C)[C@H](O)[C@@H](O)[C@H]2O)c1C3=O. The number of aromatic hydroxyl groups is 1. The smallest absolute Gasteiger partial charge is 0.229 e. The molecule has 1 aliphatic carbocycles. The number of aliphatic hydroxyl groups excluding tert-OH is 6. The molecule has 6 rings (SSSR count). The first-order chi connectivity index (χ1) is 20.8. The Balaban J connectivity index is 1.43. The van der Waals surface area contributed by atoms with Gasteiger partial charge in [0, 0.05) is 11.1 Å². The first-order valence-electron chi connectivity index (χ1n) is 14.1. The molecule has 3 aromatic carbocycles. The number of hydrogen-bond donors (Lipinski definition) is 7. The fourth-order valence-corrected chi connectivity index (χ4v) is 5.92. The summed E-state index contributed by atoms with van der Waals surface area (Å²) in [6, 6.07) is 8.87. The fourth-order valence-electron chi connectivity index (χ4n) is 5.92. The van der Waals surface area contributed by atoms with Crippen LogP contribution in [0, 0.1) is 6.92 Å². The Kier molecular flexibility index (Phi) is 7.63. The molecule has 0 unspecified atom stereocenters. The molecule has 10 atom stereocenters. The molecule has 7 N–H and O–H groups in total. The number of carbonyl (C=O) groups is 2. The van der Waals surface area contributed by atoms with Gasteiger partial charge in [-0.2, -0.15) is 0 Å². The fraction of sp³-hybridized carbons (Fsp3) is 0.419. The van der Waals surface area contributed by atoms with Crippen molar-refractivity contribution < 1.29 is 64.3 Å². The van der Waals surface area contributed by atoms with Gasteiger partial charge in [-0.3, -0.25) is 9.59 Å². The standard InChI is InChI=1S/C31H32O13/c1-10-7-13-9-15-20(24(35)18(13)17(8-10)44-31-29(40)27(38)22(33)12(3)42-31)25(36)19-14(23(15)34)5-4-6-16(19)43-30-28(39)26(37)21(32)11(2)41-30/h4-9,11-12,21-22,26-33,35,37-40H,1-3H3/t11-,12-,21+,22+,26-,27-,28-,29-,30+,31+/m1/s1. The van der Waals surface area contributed by atoms with E-state index in [1.807, 2.05) is 0 Å². The van der Waals surface area contributed by atoms with E-state index in [1.54, 1.807) is 13.0 Å². The number of aliphatic hydroxyl groups is 6. The van der Waals surface area contributed by atoms with Gasteiger partial charge >= 0.3 is 0 Å². The van der Waals surface area contributed by atoms with E-state index in [0.29, 0.717) is 10.9 Å². The maximum Gasteiger partial charge on any atom is 0.229 e. The van der Waals surface area contributed by atoms with E-state index in [9.17, 15) is 45.3 Å². The van der Waals surface area contributed by atoms with E-state index < -0.39 is 78.7 Å². The monoisotopic (exact) mass is 612 g/mol. The van der Waals surface area contributed by atoms with Gasteiger partial charge in [0.05, 0.1) is 28.7 Å².